The van der Waals surface area contributed by atoms with Crippen molar-refractivity contribution in [2.45, 2.75) is 31.2 Å². The molecule has 2 aliphatic rings. The normalized spacial score (nSPS) is 32.7. The highest BCUT2D eigenvalue weighted by molar-refractivity contribution is 7.91. The minimum atomic E-state index is -3.11. The molecule has 0 unspecified atom stereocenters. The number of rotatable bonds is 3. The first-order valence-corrected chi connectivity index (χ1v) is 8.99. The topological polar surface area (TPSA) is 63.2 Å². The average molecular weight is 329 g/mol. The largest absolute Gasteiger partial charge is 0.350 e. The van der Waals surface area contributed by atoms with E-state index in [0.717, 1.165) is 6.07 Å². The van der Waals surface area contributed by atoms with Crippen LogP contribution in [0.25, 0.3) is 0 Å². The van der Waals surface area contributed by atoms with Crippen molar-refractivity contribution in [2.75, 3.05) is 11.5 Å². The molecule has 1 aromatic rings. The number of hydrogen-bond donors (Lipinski definition) is 1. The number of benzene rings is 1. The number of halogens is 2. The van der Waals surface area contributed by atoms with Crippen LogP contribution >= 0.6 is 0 Å². The van der Waals surface area contributed by atoms with Crippen LogP contribution in [0.4, 0.5) is 8.78 Å². The SMILES string of the molecule is C[C@]1(NC(=O)[C@H]2C[C@H]2c2cccc(F)c2F)CCS(=O)(=O)C1. The van der Waals surface area contributed by atoms with Crippen molar-refractivity contribution < 1.29 is 22.0 Å². The van der Waals surface area contributed by atoms with Crippen LogP contribution in [0.1, 0.15) is 31.2 Å². The van der Waals surface area contributed by atoms with Gasteiger partial charge in [0.25, 0.3) is 0 Å². The Labute approximate surface area is 127 Å². The van der Waals surface area contributed by atoms with Crippen LogP contribution in [0.2, 0.25) is 0 Å². The Morgan fingerprint density at radius 2 is 2.09 bits per heavy atom. The second-order valence-electron chi connectivity index (χ2n) is 6.48. The van der Waals surface area contributed by atoms with Gasteiger partial charge in [0.05, 0.1) is 17.0 Å². The van der Waals surface area contributed by atoms with Gasteiger partial charge in [-0.3, -0.25) is 4.79 Å². The minimum Gasteiger partial charge on any atom is -0.350 e. The van der Waals surface area contributed by atoms with Gasteiger partial charge in [0.1, 0.15) is 0 Å². The molecule has 0 aromatic heterocycles. The first-order valence-electron chi connectivity index (χ1n) is 7.17. The molecule has 7 heteroatoms. The molecule has 1 aliphatic heterocycles. The number of nitrogens with one attached hydrogen (secondary N) is 1. The molecule has 1 amide bonds. The minimum absolute atomic E-state index is 0.0659. The summed E-state index contributed by atoms with van der Waals surface area (Å²) in [4.78, 5) is 12.2. The highest BCUT2D eigenvalue weighted by Gasteiger charge is 2.48. The van der Waals surface area contributed by atoms with E-state index < -0.39 is 32.9 Å². The number of carbonyl (C=O) groups excluding carboxylic acids is 1. The molecule has 120 valence electrons. The highest BCUT2D eigenvalue weighted by Crippen LogP contribution is 2.49. The fraction of sp³-hybridized carbons (Fsp3) is 0.533. The Balaban J connectivity index is 1.68. The van der Waals surface area contributed by atoms with Crippen LogP contribution < -0.4 is 5.32 Å². The van der Waals surface area contributed by atoms with Gasteiger partial charge >= 0.3 is 0 Å². The third-order valence-electron chi connectivity index (χ3n) is 4.44. The molecule has 1 aliphatic carbocycles. The molecule has 3 atom stereocenters. The van der Waals surface area contributed by atoms with Gasteiger partial charge in [-0.25, -0.2) is 17.2 Å². The van der Waals surface area contributed by atoms with Crippen molar-refractivity contribution in [3.05, 3.63) is 35.4 Å². The van der Waals surface area contributed by atoms with Crippen LogP contribution in [-0.2, 0) is 14.6 Å². The quantitative estimate of drug-likeness (QED) is 0.919. The fourth-order valence-corrected chi connectivity index (χ4v) is 5.23. The van der Waals surface area contributed by atoms with E-state index >= 15 is 0 Å². The zero-order valence-electron chi connectivity index (χ0n) is 12.1. The monoisotopic (exact) mass is 329 g/mol. The summed E-state index contributed by atoms with van der Waals surface area (Å²) in [5.74, 6) is -2.87. The van der Waals surface area contributed by atoms with E-state index in [1.165, 1.54) is 12.1 Å². The Hall–Kier alpha value is -1.50. The van der Waals surface area contributed by atoms with E-state index in [1.54, 1.807) is 6.92 Å². The van der Waals surface area contributed by atoms with Gasteiger partial charge in [-0.1, -0.05) is 12.1 Å². The molecule has 0 radical (unpaired) electrons. The van der Waals surface area contributed by atoms with Crippen molar-refractivity contribution in [3.63, 3.8) is 0 Å². The van der Waals surface area contributed by atoms with Crippen LogP contribution in [0, 0.1) is 17.6 Å². The molecule has 1 N–H and O–H groups in total. The number of amides is 1. The summed E-state index contributed by atoms with van der Waals surface area (Å²) < 4.78 is 50.0. The fourth-order valence-electron chi connectivity index (χ4n) is 3.13. The van der Waals surface area contributed by atoms with E-state index in [4.69, 9.17) is 0 Å². The predicted molar refractivity (Wildman–Crippen MR) is 77.0 cm³/mol. The maximum absolute atomic E-state index is 13.7. The summed E-state index contributed by atoms with van der Waals surface area (Å²) in [7, 11) is -3.11. The number of carbonyl (C=O) groups is 1. The Morgan fingerprint density at radius 3 is 2.73 bits per heavy atom. The van der Waals surface area contributed by atoms with Crippen LogP contribution in [0.5, 0.6) is 0 Å². The van der Waals surface area contributed by atoms with E-state index in [0.29, 0.717) is 12.8 Å². The molecule has 1 aromatic carbocycles. The van der Waals surface area contributed by atoms with Gasteiger partial charge < -0.3 is 5.32 Å². The molecule has 2 fully saturated rings. The predicted octanol–water partition coefficient (Wildman–Crippen LogP) is 1.76. The Bertz CT molecular complexity index is 734. The van der Waals surface area contributed by atoms with Gasteiger partial charge in [-0.05, 0) is 37.3 Å². The van der Waals surface area contributed by atoms with E-state index in [-0.39, 0.29) is 28.9 Å². The Morgan fingerprint density at radius 1 is 1.36 bits per heavy atom. The van der Waals surface area contributed by atoms with Gasteiger partial charge in [0.15, 0.2) is 21.5 Å². The number of hydrogen-bond acceptors (Lipinski definition) is 3. The van der Waals surface area contributed by atoms with E-state index in [2.05, 4.69) is 5.32 Å². The summed E-state index contributed by atoms with van der Waals surface area (Å²) in [6.07, 6.45) is 0.835. The molecule has 0 bridgehead atoms. The van der Waals surface area contributed by atoms with Gasteiger partial charge in [0, 0.05) is 5.92 Å². The second-order valence-corrected chi connectivity index (χ2v) is 8.67. The summed E-state index contributed by atoms with van der Waals surface area (Å²) in [5.41, 5.74) is -0.548. The lowest BCUT2D eigenvalue weighted by Gasteiger charge is -2.24. The molecule has 22 heavy (non-hydrogen) atoms. The van der Waals surface area contributed by atoms with Gasteiger partial charge in [0.2, 0.25) is 5.91 Å². The van der Waals surface area contributed by atoms with Crippen LogP contribution in [0.3, 0.4) is 0 Å². The molecule has 3 rings (SSSR count). The van der Waals surface area contributed by atoms with Gasteiger partial charge in [-0.15, -0.1) is 0 Å². The Kier molecular flexibility index (Phi) is 3.51. The third-order valence-corrected chi connectivity index (χ3v) is 6.34. The lowest BCUT2D eigenvalue weighted by molar-refractivity contribution is -0.123. The molecule has 1 saturated heterocycles. The lowest BCUT2D eigenvalue weighted by Crippen LogP contribution is -2.47. The second kappa shape index (κ2) is 5.01. The van der Waals surface area contributed by atoms with E-state index in [9.17, 15) is 22.0 Å². The standard InChI is InChI=1S/C15H17F2NO3S/c1-15(5-6-22(20,21)8-15)18-14(19)11-7-10(11)9-3-2-4-12(16)13(9)17/h2-4,10-11H,5-8H2,1H3,(H,18,19)/t10-,11-,15-/m0/s1. The van der Waals surface area contributed by atoms with Crippen molar-refractivity contribution >= 4 is 15.7 Å². The van der Waals surface area contributed by atoms with Crippen molar-refractivity contribution in [3.8, 4) is 0 Å². The summed E-state index contributed by atoms with van der Waals surface area (Å²) in [5, 5.41) is 2.77. The maximum atomic E-state index is 13.7. The summed E-state index contributed by atoms with van der Waals surface area (Å²) in [6.45, 7) is 1.70. The smallest absolute Gasteiger partial charge is 0.224 e. The van der Waals surface area contributed by atoms with Gasteiger partial charge in [-0.2, -0.15) is 0 Å². The zero-order chi connectivity index (χ0) is 16.1. The van der Waals surface area contributed by atoms with Crippen LogP contribution in [0.15, 0.2) is 18.2 Å². The molecular weight excluding hydrogens is 312 g/mol. The van der Waals surface area contributed by atoms with Crippen molar-refractivity contribution in [2.24, 2.45) is 5.92 Å². The molecule has 4 nitrogen and oxygen atoms in total. The van der Waals surface area contributed by atoms with Crippen molar-refractivity contribution in [1.29, 1.82) is 0 Å². The molecule has 1 heterocycles. The molecule has 1 saturated carbocycles. The summed E-state index contributed by atoms with van der Waals surface area (Å²) in [6, 6.07) is 3.95. The number of sulfone groups is 1. The summed E-state index contributed by atoms with van der Waals surface area (Å²) >= 11 is 0. The molecular formula is C15H17F2NO3S. The molecule has 0 spiro atoms. The zero-order valence-corrected chi connectivity index (χ0v) is 12.9. The highest BCUT2D eigenvalue weighted by atomic mass is 32.2. The third kappa shape index (κ3) is 2.86. The first-order chi connectivity index (χ1) is 10.2. The maximum Gasteiger partial charge on any atom is 0.224 e. The average Bonchev–Trinajstić information content (AvgIpc) is 3.14. The van der Waals surface area contributed by atoms with Crippen LogP contribution in [-0.4, -0.2) is 31.4 Å². The van der Waals surface area contributed by atoms with Crippen molar-refractivity contribution in [1.82, 2.24) is 5.32 Å². The van der Waals surface area contributed by atoms with E-state index in [1.807, 2.05) is 0 Å². The lowest BCUT2D eigenvalue weighted by atomic mass is 10.0. The first kappa shape index (κ1) is 15.4.